The molecule has 0 spiro atoms. The smallest absolute Gasteiger partial charge is 0.136 e. The number of para-hydroxylation sites is 1. The van der Waals surface area contributed by atoms with Crippen LogP contribution in [-0.4, -0.2) is 11.2 Å². The molecule has 3 unspecified atom stereocenters. The van der Waals surface area contributed by atoms with E-state index in [9.17, 15) is 0 Å². The number of fused-ring (bicyclic) bond motifs is 3. The van der Waals surface area contributed by atoms with Gasteiger partial charge < -0.3 is 4.42 Å². The summed E-state index contributed by atoms with van der Waals surface area (Å²) in [7, 11) is 0. The minimum atomic E-state index is -0.305. The van der Waals surface area contributed by atoms with Gasteiger partial charge in [-0.05, 0) is 47.7 Å². The van der Waals surface area contributed by atoms with E-state index in [0.717, 1.165) is 46.1 Å². The van der Waals surface area contributed by atoms with E-state index < -0.39 is 0 Å². The number of hydrogen-bond donors (Lipinski definition) is 0. The summed E-state index contributed by atoms with van der Waals surface area (Å²) in [5, 5.41) is 2.28. The van der Waals surface area contributed by atoms with Crippen molar-refractivity contribution in [1.82, 2.24) is 0 Å². The normalized spacial score (nSPS) is 23.8. The highest BCUT2D eigenvalue weighted by molar-refractivity contribution is 6.22. The number of alkyl halides is 1. The minimum absolute atomic E-state index is 0.182. The molecule has 0 bridgehead atoms. The van der Waals surface area contributed by atoms with Gasteiger partial charge in [0.2, 0.25) is 0 Å². The van der Waals surface area contributed by atoms with Crippen molar-refractivity contribution in [2.45, 2.75) is 32.2 Å². The minimum Gasteiger partial charge on any atom is -0.456 e. The van der Waals surface area contributed by atoms with E-state index in [2.05, 4.69) is 74.5 Å². The summed E-state index contributed by atoms with van der Waals surface area (Å²) < 4.78 is 6.12. The number of benzene rings is 3. The van der Waals surface area contributed by atoms with Crippen LogP contribution < -0.4 is 0 Å². The molecule has 4 aromatic rings. The summed E-state index contributed by atoms with van der Waals surface area (Å²) in [6.07, 6.45) is 4.25. The molecule has 3 heteroatoms. The first-order chi connectivity index (χ1) is 15.2. The molecular formula is C28H26ClNO. The molecule has 3 aromatic carbocycles. The van der Waals surface area contributed by atoms with Crippen LogP contribution in [0.15, 0.2) is 88.3 Å². The van der Waals surface area contributed by atoms with Gasteiger partial charge in [0, 0.05) is 28.3 Å². The van der Waals surface area contributed by atoms with E-state index in [0.29, 0.717) is 0 Å². The van der Waals surface area contributed by atoms with Crippen molar-refractivity contribution in [3.8, 4) is 0 Å². The first kappa shape index (κ1) is 20.1. The van der Waals surface area contributed by atoms with Crippen LogP contribution in [0.3, 0.4) is 0 Å². The summed E-state index contributed by atoms with van der Waals surface area (Å²) in [6.45, 7) is 4.42. The second-order valence-corrected chi connectivity index (χ2v) is 8.82. The quantitative estimate of drug-likeness (QED) is 0.239. The first-order valence-corrected chi connectivity index (χ1v) is 11.5. The molecule has 0 radical (unpaired) electrons. The van der Waals surface area contributed by atoms with Gasteiger partial charge in [-0.2, -0.15) is 0 Å². The van der Waals surface area contributed by atoms with Gasteiger partial charge in [-0.1, -0.05) is 86.1 Å². The molecule has 0 N–H and O–H groups in total. The number of aliphatic imine (C=N–C) groups is 1. The molecule has 5 rings (SSSR count). The van der Waals surface area contributed by atoms with E-state index in [4.69, 9.17) is 21.0 Å². The maximum Gasteiger partial charge on any atom is 0.136 e. The Morgan fingerprint density at radius 3 is 2.45 bits per heavy atom. The van der Waals surface area contributed by atoms with Gasteiger partial charge in [0.15, 0.2) is 0 Å². The fourth-order valence-corrected chi connectivity index (χ4v) is 5.11. The lowest BCUT2D eigenvalue weighted by Gasteiger charge is -2.27. The summed E-state index contributed by atoms with van der Waals surface area (Å²) in [4.78, 5) is 5.08. The topological polar surface area (TPSA) is 25.5 Å². The molecule has 1 aromatic heterocycles. The Morgan fingerprint density at radius 1 is 0.903 bits per heavy atom. The van der Waals surface area contributed by atoms with E-state index in [1.54, 1.807) is 0 Å². The van der Waals surface area contributed by atoms with Crippen molar-refractivity contribution in [1.29, 1.82) is 0 Å². The van der Waals surface area contributed by atoms with Gasteiger partial charge >= 0.3 is 0 Å². The number of hydrogen-bond acceptors (Lipinski definition) is 2. The Balaban J connectivity index is 1.55. The maximum atomic E-state index is 6.95. The second kappa shape index (κ2) is 8.36. The fraction of sp³-hybridized carbons (Fsp3) is 0.250. The molecule has 2 heterocycles. The van der Waals surface area contributed by atoms with Gasteiger partial charge in [-0.25, -0.2) is 0 Å². The zero-order valence-corrected chi connectivity index (χ0v) is 18.6. The average molecular weight is 428 g/mol. The lowest BCUT2D eigenvalue weighted by atomic mass is 9.85. The largest absolute Gasteiger partial charge is 0.456 e. The van der Waals surface area contributed by atoms with Crippen molar-refractivity contribution in [3.05, 3.63) is 90.0 Å². The maximum absolute atomic E-state index is 6.95. The monoisotopic (exact) mass is 427 g/mol. The summed E-state index contributed by atoms with van der Waals surface area (Å²) in [6, 6.07) is 25.2. The third kappa shape index (κ3) is 3.70. The summed E-state index contributed by atoms with van der Waals surface area (Å²) >= 11 is 6.95. The van der Waals surface area contributed by atoms with Gasteiger partial charge in [-0.3, -0.25) is 4.99 Å². The van der Waals surface area contributed by atoms with E-state index in [-0.39, 0.29) is 17.3 Å². The van der Waals surface area contributed by atoms with Crippen LogP contribution in [0.2, 0.25) is 0 Å². The molecule has 0 saturated heterocycles. The molecular weight excluding hydrogens is 402 g/mol. The van der Waals surface area contributed by atoms with Crippen molar-refractivity contribution < 1.29 is 4.42 Å². The molecule has 2 nitrogen and oxygen atoms in total. The van der Waals surface area contributed by atoms with E-state index >= 15 is 0 Å². The van der Waals surface area contributed by atoms with Crippen LogP contribution in [0.25, 0.3) is 27.5 Å². The molecule has 0 fully saturated rings. The lowest BCUT2D eigenvalue weighted by molar-refractivity contribution is 0.601. The highest BCUT2D eigenvalue weighted by atomic mass is 35.5. The number of allylic oxidation sites excluding steroid dienone is 1. The van der Waals surface area contributed by atoms with Crippen molar-refractivity contribution >= 4 is 44.8 Å². The van der Waals surface area contributed by atoms with Crippen LogP contribution in [-0.2, 0) is 0 Å². The molecule has 156 valence electrons. The number of rotatable bonds is 3. The van der Waals surface area contributed by atoms with Crippen molar-refractivity contribution in [2.24, 2.45) is 16.8 Å². The Kier molecular flexibility index (Phi) is 5.41. The molecule has 3 atom stereocenters. The SMILES string of the molecule is CCC1/C(c2ccccc2)=C/CC(C)C(c2ccc3c(c2)oc2ccccc23)=NC1Cl. The number of halogens is 1. The van der Waals surface area contributed by atoms with Crippen LogP contribution in [0.5, 0.6) is 0 Å². The Labute approximate surface area is 188 Å². The zero-order valence-electron chi connectivity index (χ0n) is 17.9. The van der Waals surface area contributed by atoms with Crippen LogP contribution >= 0.6 is 11.6 Å². The standard InChI is InChI=1S/C28H26ClNO/c1-3-21-22(19-9-5-4-6-10-19)15-13-18(2)27(30-28(21)29)20-14-16-24-23-11-7-8-12-25(23)31-26(24)17-20/h4-12,14-18,21,28H,3,13H2,1-2H3/b22-15+,30-27?. The van der Waals surface area contributed by atoms with Gasteiger partial charge in [-0.15, -0.1) is 0 Å². The fourth-order valence-electron chi connectivity index (χ4n) is 4.69. The Morgan fingerprint density at radius 2 is 1.65 bits per heavy atom. The van der Waals surface area contributed by atoms with E-state index in [1.165, 1.54) is 11.1 Å². The molecule has 31 heavy (non-hydrogen) atoms. The molecule has 1 aliphatic rings. The molecule has 0 amide bonds. The first-order valence-electron chi connectivity index (χ1n) is 11.0. The lowest BCUT2D eigenvalue weighted by Crippen LogP contribution is -2.23. The predicted octanol–water partition coefficient (Wildman–Crippen LogP) is 8.09. The Bertz CT molecular complexity index is 1280. The van der Waals surface area contributed by atoms with Gasteiger partial charge in [0.1, 0.15) is 16.7 Å². The average Bonchev–Trinajstić information content (AvgIpc) is 3.17. The van der Waals surface area contributed by atoms with Crippen LogP contribution in [0.4, 0.5) is 0 Å². The summed E-state index contributed by atoms with van der Waals surface area (Å²) in [5.74, 6) is 0.445. The Hall–Kier alpha value is -2.84. The molecule has 0 saturated carbocycles. The molecule has 0 aliphatic carbocycles. The number of nitrogens with zero attached hydrogens (tertiary/aromatic N) is 1. The van der Waals surface area contributed by atoms with Gasteiger partial charge in [0.05, 0.1) is 0 Å². The highest BCUT2D eigenvalue weighted by Gasteiger charge is 2.27. The van der Waals surface area contributed by atoms with Crippen molar-refractivity contribution in [3.63, 3.8) is 0 Å². The zero-order chi connectivity index (χ0) is 21.4. The number of furan rings is 1. The highest BCUT2D eigenvalue weighted by Crippen LogP contribution is 2.36. The second-order valence-electron chi connectivity index (χ2n) is 8.37. The third-order valence-electron chi connectivity index (χ3n) is 6.37. The van der Waals surface area contributed by atoms with Crippen LogP contribution in [0, 0.1) is 11.8 Å². The van der Waals surface area contributed by atoms with E-state index in [1.807, 2.05) is 18.2 Å². The summed E-state index contributed by atoms with van der Waals surface area (Å²) in [5.41, 5.74) is 6.22. The molecule has 1 aliphatic heterocycles. The third-order valence-corrected chi connectivity index (χ3v) is 6.78. The predicted molar refractivity (Wildman–Crippen MR) is 132 cm³/mol. The van der Waals surface area contributed by atoms with Crippen LogP contribution in [0.1, 0.15) is 37.8 Å². The van der Waals surface area contributed by atoms with Crippen molar-refractivity contribution in [2.75, 3.05) is 0 Å². The van der Waals surface area contributed by atoms with Gasteiger partial charge in [0.25, 0.3) is 0 Å².